The average Bonchev–Trinajstić information content (AvgIpc) is 4.12. The summed E-state index contributed by atoms with van der Waals surface area (Å²) in [5.41, 5.74) is 24.9. The standard InChI is InChI=1S/3C27H28BrN/c3*1-20-5-8-22(9-6-20)4-3-16-29-17-15-24-10-7-21(2)18-26(24)27(19-29)23-11-13-25(28)14-12-23/h3*3-14,18,27H,15-17,19H2,1-2H3/b3*4-3+. The number of halogens is 3. The van der Waals surface area contributed by atoms with E-state index in [0.717, 1.165) is 91.6 Å². The maximum absolute atomic E-state index is 3.58. The molecule has 12 rings (SSSR count). The van der Waals surface area contributed by atoms with Crippen LogP contribution in [0.15, 0.2) is 232 Å². The Bertz CT molecular complexity index is 3350. The van der Waals surface area contributed by atoms with Gasteiger partial charge in [0, 0.05) is 90.1 Å². The normalized spacial score (nSPS) is 17.3. The summed E-state index contributed by atoms with van der Waals surface area (Å²) in [6.45, 7) is 22.4. The molecular formula is C81H84Br3N3. The van der Waals surface area contributed by atoms with E-state index in [4.69, 9.17) is 0 Å². The lowest BCUT2D eigenvalue weighted by Gasteiger charge is -2.24. The second kappa shape index (κ2) is 31.1. The first kappa shape index (κ1) is 63.5. The van der Waals surface area contributed by atoms with Crippen LogP contribution in [-0.2, 0) is 19.3 Å². The van der Waals surface area contributed by atoms with E-state index < -0.39 is 0 Å². The van der Waals surface area contributed by atoms with Gasteiger partial charge in [-0.05, 0) is 164 Å². The van der Waals surface area contributed by atoms with E-state index in [0.29, 0.717) is 17.8 Å². The molecule has 9 aromatic carbocycles. The van der Waals surface area contributed by atoms with E-state index in [9.17, 15) is 0 Å². The lowest BCUT2D eigenvalue weighted by molar-refractivity contribution is 0.306. The summed E-state index contributed by atoms with van der Waals surface area (Å²) in [7, 11) is 0. The molecule has 0 N–H and O–H groups in total. The van der Waals surface area contributed by atoms with Gasteiger partial charge in [0.15, 0.2) is 0 Å². The van der Waals surface area contributed by atoms with Crippen molar-refractivity contribution in [1.82, 2.24) is 14.7 Å². The van der Waals surface area contributed by atoms with Gasteiger partial charge in [-0.15, -0.1) is 0 Å². The highest BCUT2D eigenvalue weighted by molar-refractivity contribution is 9.11. The van der Waals surface area contributed by atoms with Gasteiger partial charge in [0.25, 0.3) is 0 Å². The van der Waals surface area contributed by atoms with Crippen molar-refractivity contribution in [2.24, 2.45) is 0 Å². The molecule has 0 saturated carbocycles. The summed E-state index contributed by atoms with van der Waals surface area (Å²) in [5, 5.41) is 0. The fourth-order valence-corrected chi connectivity index (χ4v) is 13.3. The van der Waals surface area contributed by atoms with E-state index in [1.165, 1.54) is 100 Å². The Balaban J connectivity index is 0.000000144. The molecule has 444 valence electrons. The second-order valence-electron chi connectivity index (χ2n) is 24.4. The Morgan fingerprint density at radius 1 is 0.310 bits per heavy atom. The SMILES string of the molecule is Cc1ccc(/C=C/CN2CCc3ccc(C)cc3C(c3ccc(Br)cc3)C2)cc1.Cc1ccc(/C=C/CN2CCc3ccc(C)cc3C(c3ccc(Br)cc3)C2)cc1.Cc1ccc(/C=C/CN2CCc3ccc(C)cc3C(c3ccc(Br)cc3)C2)cc1. The molecule has 3 atom stereocenters. The van der Waals surface area contributed by atoms with E-state index >= 15 is 0 Å². The lowest BCUT2D eigenvalue weighted by atomic mass is 9.87. The third-order valence-electron chi connectivity index (χ3n) is 17.5. The summed E-state index contributed by atoms with van der Waals surface area (Å²) in [5.74, 6) is 1.23. The second-order valence-corrected chi connectivity index (χ2v) is 27.1. The highest BCUT2D eigenvalue weighted by Gasteiger charge is 2.27. The zero-order chi connectivity index (χ0) is 60.7. The Morgan fingerprint density at radius 2 is 0.552 bits per heavy atom. The average molecular weight is 1340 g/mol. The maximum atomic E-state index is 3.58. The smallest absolute Gasteiger partial charge is 0.0220 e. The van der Waals surface area contributed by atoms with Gasteiger partial charge in [-0.25, -0.2) is 0 Å². The van der Waals surface area contributed by atoms with Crippen LogP contribution in [0.4, 0.5) is 0 Å². The molecule has 3 aliphatic heterocycles. The molecule has 6 heteroatoms. The number of benzene rings is 9. The molecule has 0 amide bonds. The molecular weight excluding hydrogens is 1250 g/mol. The van der Waals surface area contributed by atoms with Crippen LogP contribution in [-0.4, -0.2) is 73.6 Å². The number of hydrogen-bond acceptors (Lipinski definition) is 3. The Kier molecular flexibility index (Phi) is 22.7. The quantitative estimate of drug-likeness (QED) is 0.121. The monoisotopic (exact) mass is 1340 g/mol. The number of fused-ring (bicyclic) bond motifs is 3. The third kappa shape index (κ3) is 18.3. The highest BCUT2D eigenvalue weighted by atomic mass is 79.9. The summed E-state index contributed by atoms with van der Waals surface area (Å²) >= 11 is 10.7. The number of aryl methyl sites for hydroxylation is 6. The van der Waals surface area contributed by atoms with Gasteiger partial charge in [-0.1, -0.05) is 281 Å². The van der Waals surface area contributed by atoms with Crippen molar-refractivity contribution in [2.75, 3.05) is 58.9 Å². The lowest BCUT2D eigenvalue weighted by Crippen LogP contribution is -2.29. The number of hydrogen-bond donors (Lipinski definition) is 0. The van der Waals surface area contributed by atoms with Gasteiger partial charge in [-0.3, -0.25) is 14.7 Å². The van der Waals surface area contributed by atoms with Crippen LogP contribution in [0.5, 0.6) is 0 Å². The van der Waals surface area contributed by atoms with Crippen molar-refractivity contribution < 1.29 is 0 Å². The summed E-state index contributed by atoms with van der Waals surface area (Å²) in [4.78, 5) is 7.77. The van der Waals surface area contributed by atoms with Crippen LogP contribution < -0.4 is 0 Å². The fourth-order valence-electron chi connectivity index (χ4n) is 12.5. The predicted molar refractivity (Wildman–Crippen MR) is 383 cm³/mol. The molecule has 87 heavy (non-hydrogen) atoms. The fraction of sp³-hybridized carbons (Fsp3) is 0.259. The van der Waals surface area contributed by atoms with Gasteiger partial charge in [0.2, 0.25) is 0 Å². The minimum Gasteiger partial charge on any atom is -0.298 e. The first-order chi connectivity index (χ1) is 42.2. The van der Waals surface area contributed by atoms with Crippen LogP contribution in [0.25, 0.3) is 18.2 Å². The molecule has 0 radical (unpaired) electrons. The maximum Gasteiger partial charge on any atom is 0.0220 e. The van der Waals surface area contributed by atoms with Crippen molar-refractivity contribution in [1.29, 1.82) is 0 Å². The van der Waals surface area contributed by atoms with Crippen molar-refractivity contribution in [2.45, 2.75) is 78.6 Å². The van der Waals surface area contributed by atoms with E-state index in [1.54, 1.807) is 0 Å². The minimum atomic E-state index is 0.410. The third-order valence-corrected chi connectivity index (χ3v) is 19.1. The van der Waals surface area contributed by atoms with Crippen molar-refractivity contribution >= 4 is 66.0 Å². The molecule has 0 spiro atoms. The molecule has 0 saturated heterocycles. The summed E-state index contributed by atoms with van der Waals surface area (Å²) < 4.78 is 3.41. The van der Waals surface area contributed by atoms with E-state index in [1.807, 2.05) is 0 Å². The van der Waals surface area contributed by atoms with Gasteiger partial charge in [-0.2, -0.15) is 0 Å². The minimum absolute atomic E-state index is 0.410. The molecule has 0 aliphatic carbocycles. The Labute approximate surface area is 546 Å². The topological polar surface area (TPSA) is 9.72 Å². The van der Waals surface area contributed by atoms with Crippen LogP contribution in [0.1, 0.15) is 118 Å². The highest BCUT2D eigenvalue weighted by Crippen LogP contribution is 2.36. The first-order valence-electron chi connectivity index (χ1n) is 31.2. The Morgan fingerprint density at radius 3 is 0.805 bits per heavy atom. The van der Waals surface area contributed by atoms with Gasteiger partial charge in [0.05, 0.1) is 0 Å². The van der Waals surface area contributed by atoms with Crippen molar-refractivity contribution in [3.05, 3.63) is 332 Å². The molecule has 9 aromatic rings. The molecule has 3 heterocycles. The summed E-state index contributed by atoms with van der Waals surface area (Å²) in [6.07, 6.45) is 17.0. The molecule has 0 bridgehead atoms. The van der Waals surface area contributed by atoms with Crippen molar-refractivity contribution in [3.63, 3.8) is 0 Å². The molecule has 0 fully saturated rings. The van der Waals surface area contributed by atoms with E-state index in [2.05, 4.69) is 341 Å². The van der Waals surface area contributed by atoms with Crippen LogP contribution >= 0.6 is 47.8 Å². The summed E-state index contributed by atoms with van der Waals surface area (Å²) in [6, 6.07) is 73.8. The van der Waals surface area contributed by atoms with Crippen LogP contribution in [0.2, 0.25) is 0 Å². The Hall–Kier alpha value is -6.48. The van der Waals surface area contributed by atoms with Gasteiger partial charge >= 0.3 is 0 Å². The van der Waals surface area contributed by atoms with E-state index in [-0.39, 0.29) is 0 Å². The zero-order valence-corrected chi connectivity index (χ0v) is 56.5. The number of nitrogens with zero attached hydrogens (tertiary/aromatic N) is 3. The van der Waals surface area contributed by atoms with Gasteiger partial charge in [0.1, 0.15) is 0 Å². The number of rotatable bonds is 12. The van der Waals surface area contributed by atoms with Crippen molar-refractivity contribution in [3.8, 4) is 0 Å². The molecule has 3 nitrogen and oxygen atoms in total. The molecule has 3 aliphatic rings. The van der Waals surface area contributed by atoms with Gasteiger partial charge < -0.3 is 0 Å². The zero-order valence-electron chi connectivity index (χ0n) is 51.7. The first-order valence-corrected chi connectivity index (χ1v) is 33.5. The molecule has 0 aromatic heterocycles. The van der Waals surface area contributed by atoms with Crippen LogP contribution in [0.3, 0.4) is 0 Å². The molecule has 3 unspecified atom stereocenters. The predicted octanol–water partition coefficient (Wildman–Crippen LogP) is 20.3. The largest absolute Gasteiger partial charge is 0.298 e. The van der Waals surface area contributed by atoms with Crippen LogP contribution in [0, 0.1) is 41.5 Å².